The zero-order valence-corrected chi connectivity index (χ0v) is 12.8. The molecule has 0 unspecified atom stereocenters. The van der Waals surface area contributed by atoms with Crippen LogP contribution in [0.5, 0.6) is 11.5 Å². The normalized spacial score (nSPS) is 17.0. The van der Waals surface area contributed by atoms with E-state index < -0.39 is 12.2 Å². The van der Waals surface area contributed by atoms with Crippen LogP contribution in [0.1, 0.15) is 38.2 Å². The number of halogens is 2. The van der Waals surface area contributed by atoms with Gasteiger partial charge in [0.25, 0.3) is 0 Å². The fourth-order valence-electron chi connectivity index (χ4n) is 2.77. The van der Waals surface area contributed by atoms with Crippen molar-refractivity contribution in [2.45, 2.75) is 51.4 Å². The molecule has 0 heterocycles. The molecule has 2 N–H and O–H groups in total. The van der Waals surface area contributed by atoms with Gasteiger partial charge in [-0.3, -0.25) is 0 Å². The van der Waals surface area contributed by atoms with Gasteiger partial charge in [0.15, 0.2) is 11.5 Å². The second-order valence-electron chi connectivity index (χ2n) is 5.63. The molecule has 0 radical (unpaired) electrons. The van der Waals surface area contributed by atoms with Gasteiger partial charge in [-0.1, -0.05) is 18.9 Å². The van der Waals surface area contributed by atoms with E-state index in [0.29, 0.717) is 25.4 Å². The van der Waals surface area contributed by atoms with Crippen LogP contribution in [0.25, 0.3) is 0 Å². The first-order valence-electron chi connectivity index (χ1n) is 7.66. The van der Waals surface area contributed by atoms with Gasteiger partial charge in [-0.25, -0.2) is 0 Å². The van der Waals surface area contributed by atoms with E-state index in [0.717, 1.165) is 31.2 Å². The van der Waals surface area contributed by atoms with Crippen molar-refractivity contribution in [3.63, 3.8) is 0 Å². The topological polar surface area (TPSA) is 50.7 Å². The lowest BCUT2D eigenvalue weighted by Gasteiger charge is -2.22. The summed E-state index contributed by atoms with van der Waals surface area (Å²) in [6.07, 6.45) is 3.77. The minimum atomic E-state index is -2.88. The first-order valence-corrected chi connectivity index (χ1v) is 7.66. The highest BCUT2D eigenvalue weighted by Gasteiger charge is 2.30. The van der Waals surface area contributed by atoms with E-state index in [9.17, 15) is 13.9 Å². The largest absolute Gasteiger partial charge is 0.490 e. The first kappa shape index (κ1) is 17.0. The Morgan fingerprint density at radius 2 is 2.00 bits per heavy atom. The maximum absolute atomic E-state index is 12.3. The Kier molecular flexibility index (Phi) is 5.97. The molecule has 0 amide bonds. The lowest BCUT2D eigenvalue weighted by molar-refractivity contribution is -0.0514. The highest BCUT2D eigenvalue weighted by molar-refractivity contribution is 5.43. The summed E-state index contributed by atoms with van der Waals surface area (Å²) in [7, 11) is 0. The van der Waals surface area contributed by atoms with Gasteiger partial charge in [-0.15, -0.1) is 0 Å². The standard InChI is InChI=1S/C16H23F2NO3/c1-2-21-14-9-12(5-6-13(14)22-15(17)18)10-19-11-16(20)7-3-4-8-16/h5-6,9,15,19-20H,2-4,7-8,10-11H2,1H3. The Morgan fingerprint density at radius 3 is 2.64 bits per heavy atom. The van der Waals surface area contributed by atoms with Crippen LogP contribution in [0.2, 0.25) is 0 Å². The van der Waals surface area contributed by atoms with E-state index in [1.807, 2.05) is 0 Å². The number of hydrogen-bond donors (Lipinski definition) is 2. The molecule has 22 heavy (non-hydrogen) atoms. The second kappa shape index (κ2) is 7.74. The highest BCUT2D eigenvalue weighted by Crippen LogP contribution is 2.31. The average molecular weight is 315 g/mol. The number of benzene rings is 1. The van der Waals surface area contributed by atoms with Gasteiger partial charge in [0, 0.05) is 13.1 Å². The van der Waals surface area contributed by atoms with Gasteiger partial charge in [0.2, 0.25) is 0 Å². The summed E-state index contributed by atoms with van der Waals surface area (Å²) in [6, 6.07) is 4.89. The average Bonchev–Trinajstić information content (AvgIpc) is 2.88. The summed E-state index contributed by atoms with van der Waals surface area (Å²) in [5, 5.41) is 13.5. The molecular weight excluding hydrogens is 292 g/mol. The molecule has 0 saturated heterocycles. The van der Waals surface area contributed by atoms with Gasteiger partial charge in [-0.2, -0.15) is 8.78 Å². The fourth-order valence-corrected chi connectivity index (χ4v) is 2.77. The molecule has 0 spiro atoms. The SMILES string of the molecule is CCOc1cc(CNCC2(O)CCCC2)ccc1OC(F)F. The van der Waals surface area contributed by atoms with E-state index in [1.54, 1.807) is 19.1 Å². The molecule has 0 aliphatic heterocycles. The van der Waals surface area contributed by atoms with Crippen molar-refractivity contribution in [3.8, 4) is 11.5 Å². The Labute approximate surface area is 129 Å². The maximum atomic E-state index is 12.3. The Morgan fingerprint density at radius 1 is 1.27 bits per heavy atom. The Hall–Kier alpha value is -1.40. The summed E-state index contributed by atoms with van der Waals surface area (Å²) in [4.78, 5) is 0. The van der Waals surface area contributed by atoms with Gasteiger partial charge in [0.05, 0.1) is 12.2 Å². The lowest BCUT2D eigenvalue weighted by atomic mass is 10.0. The molecule has 0 aromatic heterocycles. The summed E-state index contributed by atoms with van der Waals surface area (Å²) >= 11 is 0. The molecular formula is C16H23F2NO3. The van der Waals surface area contributed by atoms with Crippen LogP contribution in [0.3, 0.4) is 0 Å². The van der Waals surface area contributed by atoms with E-state index in [2.05, 4.69) is 10.1 Å². The number of aliphatic hydroxyl groups is 1. The monoisotopic (exact) mass is 315 g/mol. The van der Waals surface area contributed by atoms with E-state index in [1.165, 1.54) is 6.07 Å². The van der Waals surface area contributed by atoms with E-state index in [4.69, 9.17) is 4.74 Å². The van der Waals surface area contributed by atoms with Gasteiger partial charge in [-0.05, 0) is 37.5 Å². The zero-order chi connectivity index (χ0) is 16.0. The molecule has 6 heteroatoms. The van der Waals surface area contributed by atoms with Crippen molar-refractivity contribution in [1.82, 2.24) is 5.32 Å². The third-order valence-corrected chi connectivity index (χ3v) is 3.84. The first-order chi connectivity index (χ1) is 10.5. The van der Waals surface area contributed by atoms with E-state index >= 15 is 0 Å². The second-order valence-corrected chi connectivity index (χ2v) is 5.63. The van der Waals surface area contributed by atoms with Crippen LogP contribution in [0.15, 0.2) is 18.2 Å². The predicted molar refractivity (Wildman–Crippen MR) is 79.4 cm³/mol. The molecule has 1 saturated carbocycles. The molecule has 1 aromatic carbocycles. The summed E-state index contributed by atoms with van der Waals surface area (Å²) in [5.41, 5.74) is 0.285. The molecule has 0 bridgehead atoms. The van der Waals surface area contributed by atoms with Crippen molar-refractivity contribution in [3.05, 3.63) is 23.8 Å². The van der Waals surface area contributed by atoms with Gasteiger partial charge < -0.3 is 19.9 Å². The summed E-state index contributed by atoms with van der Waals surface area (Å²) in [5.74, 6) is 0.344. The Bertz CT molecular complexity index is 476. The number of alkyl halides is 2. The van der Waals surface area contributed by atoms with Crippen LogP contribution >= 0.6 is 0 Å². The van der Waals surface area contributed by atoms with E-state index in [-0.39, 0.29) is 5.75 Å². The van der Waals surface area contributed by atoms with Crippen molar-refractivity contribution < 1.29 is 23.4 Å². The van der Waals surface area contributed by atoms with Crippen LogP contribution in [0.4, 0.5) is 8.78 Å². The van der Waals surface area contributed by atoms with Crippen molar-refractivity contribution >= 4 is 0 Å². The van der Waals surface area contributed by atoms with Crippen LogP contribution in [0, 0.1) is 0 Å². The van der Waals surface area contributed by atoms with Crippen LogP contribution < -0.4 is 14.8 Å². The van der Waals surface area contributed by atoms with Crippen molar-refractivity contribution in [2.24, 2.45) is 0 Å². The highest BCUT2D eigenvalue weighted by atomic mass is 19.3. The summed E-state index contributed by atoms with van der Waals surface area (Å²) in [6.45, 7) is 0.353. The maximum Gasteiger partial charge on any atom is 0.387 e. The van der Waals surface area contributed by atoms with Crippen molar-refractivity contribution in [1.29, 1.82) is 0 Å². The number of ether oxygens (including phenoxy) is 2. The minimum Gasteiger partial charge on any atom is -0.490 e. The quantitative estimate of drug-likeness (QED) is 0.774. The molecule has 2 rings (SSSR count). The summed E-state index contributed by atoms with van der Waals surface area (Å²) < 4.78 is 34.5. The molecule has 1 aliphatic carbocycles. The third kappa shape index (κ3) is 4.81. The molecule has 0 atom stereocenters. The number of nitrogens with one attached hydrogen (secondary N) is 1. The molecule has 124 valence electrons. The lowest BCUT2D eigenvalue weighted by Crippen LogP contribution is -2.37. The predicted octanol–water partition coefficient (Wildman–Crippen LogP) is 3.08. The number of rotatable bonds is 8. The molecule has 4 nitrogen and oxygen atoms in total. The van der Waals surface area contributed by atoms with Crippen LogP contribution in [-0.4, -0.2) is 30.5 Å². The third-order valence-electron chi connectivity index (χ3n) is 3.84. The van der Waals surface area contributed by atoms with Crippen LogP contribution in [-0.2, 0) is 6.54 Å². The van der Waals surface area contributed by atoms with Crippen molar-refractivity contribution in [2.75, 3.05) is 13.2 Å². The van der Waals surface area contributed by atoms with Gasteiger partial charge >= 0.3 is 6.61 Å². The Balaban J connectivity index is 1.94. The minimum absolute atomic E-state index is 0.0371. The molecule has 1 fully saturated rings. The smallest absolute Gasteiger partial charge is 0.387 e. The molecule has 1 aromatic rings. The van der Waals surface area contributed by atoms with Gasteiger partial charge in [0.1, 0.15) is 0 Å². The zero-order valence-electron chi connectivity index (χ0n) is 12.8. The number of hydrogen-bond acceptors (Lipinski definition) is 4. The molecule has 1 aliphatic rings. The fraction of sp³-hybridized carbons (Fsp3) is 0.625.